The fourth-order valence-corrected chi connectivity index (χ4v) is 4.61. The SMILES string of the molecule is C=C[C@H](c1ccccc1)C1CC2C3CCC(=O)N2C(C3)N1. The van der Waals surface area contributed by atoms with E-state index in [1.165, 1.54) is 5.56 Å². The van der Waals surface area contributed by atoms with Crippen molar-refractivity contribution in [1.29, 1.82) is 0 Å². The Morgan fingerprint density at radius 3 is 2.86 bits per heavy atom. The second-order valence-corrected chi connectivity index (χ2v) is 6.60. The third-order valence-corrected chi connectivity index (χ3v) is 5.55. The Hall–Kier alpha value is -1.61. The van der Waals surface area contributed by atoms with Crippen LogP contribution < -0.4 is 5.32 Å². The smallest absolute Gasteiger partial charge is 0.224 e. The molecule has 4 bridgehead atoms. The van der Waals surface area contributed by atoms with Crippen LogP contribution in [-0.2, 0) is 4.79 Å². The van der Waals surface area contributed by atoms with Gasteiger partial charge in [-0.1, -0.05) is 36.4 Å². The number of benzene rings is 1. The molecule has 0 radical (unpaired) electrons. The Balaban J connectivity index is 1.59. The lowest BCUT2D eigenvalue weighted by molar-refractivity contribution is -0.139. The van der Waals surface area contributed by atoms with Crippen molar-refractivity contribution in [3.8, 4) is 0 Å². The number of hydrogen-bond donors (Lipinski definition) is 1. The molecule has 4 rings (SSSR count). The number of rotatable bonds is 3. The summed E-state index contributed by atoms with van der Waals surface area (Å²) < 4.78 is 0. The lowest BCUT2D eigenvalue weighted by atomic mass is 9.82. The van der Waals surface area contributed by atoms with E-state index < -0.39 is 0 Å². The van der Waals surface area contributed by atoms with Gasteiger partial charge < -0.3 is 4.90 Å². The predicted octanol–water partition coefficient (Wildman–Crippen LogP) is 2.66. The van der Waals surface area contributed by atoms with Gasteiger partial charge in [0.1, 0.15) is 0 Å². The molecule has 1 aromatic rings. The molecule has 5 atom stereocenters. The number of carbonyl (C=O) groups is 1. The Morgan fingerprint density at radius 2 is 2.10 bits per heavy atom. The van der Waals surface area contributed by atoms with Crippen molar-refractivity contribution in [2.75, 3.05) is 0 Å². The molecule has 1 N–H and O–H groups in total. The molecule has 0 aromatic heterocycles. The lowest BCUT2D eigenvalue weighted by Crippen LogP contribution is -2.59. The van der Waals surface area contributed by atoms with Crippen molar-refractivity contribution in [2.45, 2.75) is 49.9 Å². The molecule has 3 heterocycles. The molecule has 110 valence electrons. The molecule has 4 unspecified atom stereocenters. The van der Waals surface area contributed by atoms with Crippen molar-refractivity contribution in [1.82, 2.24) is 10.2 Å². The normalized spacial score (nSPS) is 35.6. The van der Waals surface area contributed by atoms with Gasteiger partial charge in [0.15, 0.2) is 0 Å². The van der Waals surface area contributed by atoms with E-state index in [4.69, 9.17) is 0 Å². The van der Waals surface area contributed by atoms with Gasteiger partial charge in [0, 0.05) is 24.4 Å². The average Bonchev–Trinajstić information content (AvgIpc) is 2.64. The highest BCUT2D eigenvalue weighted by Crippen LogP contribution is 2.44. The van der Waals surface area contributed by atoms with Gasteiger partial charge in [-0.05, 0) is 30.7 Å². The summed E-state index contributed by atoms with van der Waals surface area (Å²) in [6.07, 6.45) is 6.32. The van der Waals surface area contributed by atoms with Crippen LogP contribution in [-0.4, -0.2) is 29.1 Å². The van der Waals surface area contributed by atoms with Crippen LogP contribution in [0.2, 0.25) is 0 Å². The zero-order chi connectivity index (χ0) is 14.4. The van der Waals surface area contributed by atoms with E-state index >= 15 is 0 Å². The number of hydrogen-bond acceptors (Lipinski definition) is 2. The number of amides is 1. The third-order valence-electron chi connectivity index (χ3n) is 5.55. The van der Waals surface area contributed by atoms with Crippen LogP contribution in [0.5, 0.6) is 0 Å². The molecule has 1 amide bonds. The summed E-state index contributed by atoms with van der Waals surface area (Å²) in [5.74, 6) is 1.37. The van der Waals surface area contributed by atoms with Gasteiger partial charge in [-0.25, -0.2) is 0 Å². The minimum atomic E-state index is 0.250. The van der Waals surface area contributed by atoms with Crippen molar-refractivity contribution < 1.29 is 4.79 Å². The van der Waals surface area contributed by atoms with E-state index in [0.29, 0.717) is 29.8 Å². The van der Waals surface area contributed by atoms with Gasteiger partial charge in [-0.15, -0.1) is 6.58 Å². The van der Waals surface area contributed by atoms with Crippen molar-refractivity contribution in [3.63, 3.8) is 0 Å². The van der Waals surface area contributed by atoms with Gasteiger partial charge in [0.25, 0.3) is 0 Å². The van der Waals surface area contributed by atoms with Crippen LogP contribution >= 0.6 is 0 Å². The zero-order valence-corrected chi connectivity index (χ0v) is 12.2. The molecule has 0 spiro atoms. The third kappa shape index (κ3) is 2.03. The second-order valence-electron chi connectivity index (χ2n) is 6.60. The molecular weight excluding hydrogens is 260 g/mol. The maximum absolute atomic E-state index is 12.1. The van der Waals surface area contributed by atoms with E-state index in [-0.39, 0.29) is 6.17 Å². The van der Waals surface area contributed by atoms with E-state index in [2.05, 4.69) is 53.2 Å². The first kappa shape index (κ1) is 13.1. The Bertz CT molecular complexity index is 556. The molecule has 21 heavy (non-hydrogen) atoms. The standard InChI is InChI=1S/C18H22N2O/c1-2-14(12-6-4-3-5-7-12)15-11-16-13-8-9-18(21)20(16)17(10-13)19-15/h2-7,13-17,19H,1,8-11H2/t13?,14-,15?,16?,17?/m1/s1. The summed E-state index contributed by atoms with van der Waals surface area (Å²) in [6, 6.07) is 11.4. The summed E-state index contributed by atoms with van der Waals surface area (Å²) in [5, 5.41) is 3.73. The minimum Gasteiger partial charge on any atom is -0.324 e. The van der Waals surface area contributed by atoms with Gasteiger partial charge in [-0.2, -0.15) is 0 Å². The first-order chi connectivity index (χ1) is 10.3. The zero-order valence-electron chi connectivity index (χ0n) is 12.2. The van der Waals surface area contributed by atoms with Gasteiger partial charge >= 0.3 is 0 Å². The Kier molecular flexibility index (Phi) is 3.11. The molecule has 3 nitrogen and oxygen atoms in total. The number of carbonyl (C=O) groups excluding carboxylic acids is 1. The molecule has 1 aromatic carbocycles. The number of nitrogens with zero attached hydrogens (tertiary/aromatic N) is 1. The molecular formula is C18H22N2O. The summed E-state index contributed by atoms with van der Waals surface area (Å²) in [7, 11) is 0. The maximum Gasteiger partial charge on any atom is 0.224 e. The van der Waals surface area contributed by atoms with Crippen molar-refractivity contribution in [3.05, 3.63) is 48.6 Å². The van der Waals surface area contributed by atoms with Crippen LogP contribution in [0.1, 0.15) is 37.2 Å². The van der Waals surface area contributed by atoms with Crippen molar-refractivity contribution >= 4 is 5.91 Å². The van der Waals surface area contributed by atoms with Gasteiger partial charge in [-0.3, -0.25) is 10.1 Å². The first-order valence-corrected chi connectivity index (χ1v) is 8.02. The quantitative estimate of drug-likeness (QED) is 0.864. The van der Waals surface area contributed by atoms with E-state index in [1.54, 1.807) is 0 Å². The van der Waals surface area contributed by atoms with Crippen molar-refractivity contribution in [2.24, 2.45) is 5.92 Å². The molecule has 0 aliphatic carbocycles. The number of piperidine rings is 1. The van der Waals surface area contributed by atoms with Crippen LogP contribution in [0.4, 0.5) is 0 Å². The lowest BCUT2D eigenvalue weighted by Gasteiger charge is -2.44. The van der Waals surface area contributed by atoms with E-state index in [1.807, 2.05) is 0 Å². The molecule has 3 saturated heterocycles. The average molecular weight is 282 g/mol. The largest absolute Gasteiger partial charge is 0.324 e. The van der Waals surface area contributed by atoms with Crippen LogP contribution in [0.3, 0.4) is 0 Å². The van der Waals surface area contributed by atoms with Gasteiger partial charge in [0.2, 0.25) is 5.91 Å². The molecule has 3 fully saturated rings. The first-order valence-electron chi connectivity index (χ1n) is 8.02. The highest BCUT2D eigenvalue weighted by atomic mass is 16.2. The summed E-state index contributed by atoms with van der Waals surface area (Å²) in [5.41, 5.74) is 1.32. The number of nitrogens with one attached hydrogen (secondary N) is 1. The highest BCUT2D eigenvalue weighted by Gasteiger charge is 2.51. The van der Waals surface area contributed by atoms with Crippen LogP contribution in [0, 0.1) is 5.92 Å². The van der Waals surface area contributed by atoms with Gasteiger partial charge in [0.05, 0.1) is 6.17 Å². The molecule has 3 heteroatoms. The Labute approximate surface area is 126 Å². The predicted molar refractivity (Wildman–Crippen MR) is 82.7 cm³/mol. The Morgan fingerprint density at radius 1 is 1.29 bits per heavy atom. The summed E-state index contributed by atoms with van der Waals surface area (Å²) in [6.45, 7) is 4.05. The molecule has 3 aliphatic rings. The maximum atomic E-state index is 12.1. The monoisotopic (exact) mass is 282 g/mol. The van der Waals surface area contributed by atoms with Crippen LogP contribution in [0.15, 0.2) is 43.0 Å². The van der Waals surface area contributed by atoms with Crippen LogP contribution in [0.25, 0.3) is 0 Å². The summed E-state index contributed by atoms with van der Waals surface area (Å²) in [4.78, 5) is 14.3. The molecule has 3 aliphatic heterocycles. The summed E-state index contributed by atoms with van der Waals surface area (Å²) >= 11 is 0. The van der Waals surface area contributed by atoms with E-state index in [0.717, 1.165) is 25.7 Å². The fourth-order valence-electron chi connectivity index (χ4n) is 4.61. The van der Waals surface area contributed by atoms with E-state index in [9.17, 15) is 4.79 Å². The minimum absolute atomic E-state index is 0.250. The molecule has 0 saturated carbocycles. The second kappa shape index (κ2) is 4.99. The topological polar surface area (TPSA) is 32.3 Å². The fraction of sp³-hybridized carbons (Fsp3) is 0.500. The highest BCUT2D eigenvalue weighted by molar-refractivity contribution is 5.78.